The Balaban J connectivity index is 1.83. The predicted octanol–water partition coefficient (Wildman–Crippen LogP) is 2.18. The number of alkyl halides is 1. The Morgan fingerprint density at radius 3 is 2.78 bits per heavy atom. The van der Waals surface area contributed by atoms with Crippen LogP contribution in [0.3, 0.4) is 0 Å². The Morgan fingerprint density at radius 2 is 2.33 bits per heavy atom. The number of hydrogen-bond donors (Lipinski definition) is 0. The summed E-state index contributed by atoms with van der Waals surface area (Å²) < 4.78 is 5.37. The summed E-state index contributed by atoms with van der Waals surface area (Å²) in [5.74, 6) is 0. The Morgan fingerprint density at radius 1 is 1.67 bits per heavy atom. The average Bonchev–Trinajstić information content (AvgIpc) is 2.48. The van der Waals surface area contributed by atoms with E-state index in [1.54, 1.807) is 0 Å². The average molecular weight is 149 g/mol. The van der Waals surface area contributed by atoms with Crippen LogP contribution in [0.2, 0.25) is 0 Å². The highest BCUT2D eigenvalue weighted by Crippen LogP contribution is 2.31. The van der Waals surface area contributed by atoms with Gasteiger partial charge in [0.15, 0.2) is 0 Å². The number of hydrogen-bond acceptors (Lipinski definition) is 1. The molecule has 1 nitrogen and oxygen atoms in total. The second-order valence-corrected chi connectivity index (χ2v) is 3.08. The Bertz CT molecular complexity index is 85.0. The second kappa shape index (κ2) is 3.43. The molecule has 1 fully saturated rings. The third kappa shape index (κ3) is 2.55. The van der Waals surface area contributed by atoms with Crippen molar-refractivity contribution in [2.75, 3.05) is 6.61 Å². The van der Waals surface area contributed by atoms with Gasteiger partial charge in [-0.2, -0.15) is 0 Å². The molecule has 0 heterocycles. The van der Waals surface area contributed by atoms with Crippen molar-refractivity contribution in [1.29, 1.82) is 0 Å². The highest BCUT2D eigenvalue weighted by molar-refractivity contribution is 6.23. The van der Waals surface area contributed by atoms with Gasteiger partial charge in [-0.15, -0.1) is 11.6 Å². The summed E-state index contributed by atoms with van der Waals surface area (Å²) in [6.07, 6.45) is 3.82. The topological polar surface area (TPSA) is 9.23 Å². The van der Waals surface area contributed by atoms with Crippen molar-refractivity contribution in [2.45, 2.75) is 37.7 Å². The lowest BCUT2D eigenvalue weighted by molar-refractivity contribution is 0.117. The number of rotatable bonds is 4. The molecule has 0 N–H and O–H groups in total. The number of ether oxygens (including phenoxy) is 1. The maximum absolute atomic E-state index is 5.71. The SMILES string of the molecule is CCCCO[C@@H]1C[C@H]1Cl. The van der Waals surface area contributed by atoms with Gasteiger partial charge in [0.05, 0.1) is 11.5 Å². The van der Waals surface area contributed by atoms with Crippen LogP contribution < -0.4 is 0 Å². The number of halogens is 1. The fourth-order valence-electron chi connectivity index (χ4n) is 0.695. The summed E-state index contributed by atoms with van der Waals surface area (Å²) in [6.45, 7) is 3.05. The van der Waals surface area contributed by atoms with E-state index in [9.17, 15) is 0 Å². The zero-order chi connectivity index (χ0) is 6.69. The lowest BCUT2D eigenvalue weighted by atomic mass is 10.4. The first-order valence-electron chi connectivity index (χ1n) is 3.60. The molecule has 0 radical (unpaired) electrons. The lowest BCUT2D eigenvalue weighted by Crippen LogP contribution is -1.97. The largest absolute Gasteiger partial charge is 0.377 e. The lowest BCUT2D eigenvalue weighted by Gasteiger charge is -1.97. The van der Waals surface area contributed by atoms with Crippen LogP contribution in [0.15, 0.2) is 0 Å². The van der Waals surface area contributed by atoms with Gasteiger partial charge in [-0.3, -0.25) is 0 Å². The normalized spacial score (nSPS) is 32.7. The Hall–Kier alpha value is 0.250. The van der Waals surface area contributed by atoms with Crippen LogP contribution in [0.4, 0.5) is 0 Å². The maximum Gasteiger partial charge on any atom is 0.0754 e. The van der Waals surface area contributed by atoms with Gasteiger partial charge in [-0.05, 0) is 12.8 Å². The van der Waals surface area contributed by atoms with E-state index in [1.807, 2.05) is 0 Å². The molecule has 1 saturated carbocycles. The number of unbranched alkanes of at least 4 members (excludes halogenated alkanes) is 1. The first-order valence-corrected chi connectivity index (χ1v) is 4.04. The zero-order valence-corrected chi connectivity index (χ0v) is 6.53. The van der Waals surface area contributed by atoms with Gasteiger partial charge < -0.3 is 4.74 Å². The molecule has 2 heteroatoms. The van der Waals surface area contributed by atoms with Crippen molar-refractivity contribution < 1.29 is 4.74 Å². The van der Waals surface area contributed by atoms with Crippen LogP contribution >= 0.6 is 11.6 Å². The molecule has 9 heavy (non-hydrogen) atoms. The maximum atomic E-state index is 5.71. The van der Waals surface area contributed by atoms with Crippen LogP contribution in [0.25, 0.3) is 0 Å². The monoisotopic (exact) mass is 148 g/mol. The molecule has 0 unspecified atom stereocenters. The fraction of sp³-hybridized carbons (Fsp3) is 1.00. The predicted molar refractivity (Wildman–Crippen MR) is 38.9 cm³/mol. The van der Waals surface area contributed by atoms with Crippen molar-refractivity contribution >= 4 is 11.6 Å². The molecule has 0 spiro atoms. The second-order valence-electron chi connectivity index (χ2n) is 2.51. The quantitative estimate of drug-likeness (QED) is 0.439. The van der Waals surface area contributed by atoms with Crippen molar-refractivity contribution in [1.82, 2.24) is 0 Å². The van der Waals surface area contributed by atoms with Gasteiger partial charge >= 0.3 is 0 Å². The first kappa shape index (κ1) is 7.36. The van der Waals surface area contributed by atoms with Gasteiger partial charge in [0, 0.05) is 6.61 Å². The molecule has 0 amide bonds. The summed E-state index contributed by atoms with van der Waals surface area (Å²) in [4.78, 5) is 0. The minimum atomic E-state index is 0.321. The molecular formula is C7H13ClO. The molecular weight excluding hydrogens is 136 g/mol. The third-order valence-corrected chi connectivity index (χ3v) is 1.95. The molecule has 54 valence electrons. The van der Waals surface area contributed by atoms with E-state index in [2.05, 4.69) is 6.92 Å². The van der Waals surface area contributed by atoms with Crippen LogP contribution in [0.5, 0.6) is 0 Å². The molecule has 0 aromatic heterocycles. The van der Waals surface area contributed by atoms with Gasteiger partial charge in [-0.1, -0.05) is 13.3 Å². The third-order valence-electron chi connectivity index (χ3n) is 1.49. The summed E-state index contributed by atoms with van der Waals surface area (Å²) in [5.41, 5.74) is 0. The highest BCUT2D eigenvalue weighted by atomic mass is 35.5. The van der Waals surface area contributed by atoms with Gasteiger partial charge in [0.1, 0.15) is 0 Å². The molecule has 1 rings (SSSR count). The summed E-state index contributed by atoms with van der Waals surface area (Å²) in [6, 6.07) is 0. The van der Waals surface area contributed by atoms with E-state index in [4.69, 9.17) is 16.3 Å². The molecule has 0 aliphatic heterocycles. The van der Waals surface area contributed by atoms with Gasteiger partial charge in [0.25, 0.3) is 0 Å². The van der Waals surface area contributed by atoms with E-state index >= 15 is 0 Å². The minimum absolute atomic E-state index is 0.321. The van der Waals surface area contributed by atoms with E-state index in [-0.39, 0.29) is 0 Å². The van der Waals surface area contributed by atoms with Crippen molar-refractivity contribution in [3.63, 3.8) is 0 Å². The van der Waals surface area contributed by atoms with Crippen LogP contribution in [0, 0.1) is 0 Å². The molecule has 0 aromatic rings. The van der Waals surface area contributed by atoms with Crippen LogP contribution in [-0.4, -0.2) is 18.1 Å². The molecule has 2 atom stereocenters. The van der Waals surface area contributed by atoms with Crippen molar-refractivity contribution in [3.8, 4) is 0 Å². The smallest absolute Gasteiger partial charge is 0.0754 e. The van der Waals surface area contributed by atoms with Crippen LogP contribution in [0.1, 0.15) is 26.2 Å². The summed E-state index contributed by atoms with van der Waals surface area (Å²) in [7, 11) is 0. The summed E-state index contributed by atoms with van der Waals surface area (Å²) in [5, 5.41) is 0.321. The van der Waals surface area contributed by atoms with Crippen molar-refractivity contribution in [3.05, 3.63) is 0 Å². The highest BCUT2D eigenvalue weighted by Gasteiger charge is 2.35. The Kier molecular flexibility index (Phi) is 2.80. The Labute approximate surface area is 61.3 Å². The minimum Gasteiger partial charge on any atom is -0.377 e. The molecule has 0 aromatic carbocycles. The summed E-state index contributed by atoms with van der Waals surface area (Å²) >= 11 is 5.71. The van der Waals surface area contributed by atoms with Crippen molar-refractivity contribution in [2.24, 2.45) is 0 Å². The van der Waals surface area contributed by atoms with E-state index in [0.717, 1.165) is 13.0 Å². The van der Waals surface area contributed by atoms with E-state index < -0.39 is 0 Å². The van der Waals surface area contributed by atoms with Gasteiger partial charge in [-0.25, -0.2) is 0 Å². The molecule has 1 aliphatic carbocycles. The zero-order valence-electron chi connectivity index (χ0n) is 5.77. The molecule has 1 aliphatic rings. The first-order chi connectivity index (χ1) is 4.34. The van der Waals surface area contributed by atoms with Gasteiger partial charge in [0.2, 0.25) is 0 Å². The van der Waals surface area contributed by atoms with E-state index in [0.29, 0.717) is 11.5 Å². The van der Waals surface area contributed by atoms with E-state index in [1.165, 1.54) is 12.8 Å². The fourth-order valence-corrected chi connectivity index (χ4v) is 0.943. The standard InChI is InChI=1S/C7H13ClO/c1-2-3-4-9-7-5-6(7)8/h6-7H,2-5H2,1H3/t6-,7-/m1/s1. The molecule has 0 saturated heterocycles. The van der Waals surface area contributed by atoms with Crippen LogP contribution in [-0.2, 0) is 4.74 Å². The molecule has 0 bridgehead atoms.